The SMILES string of the molecule is Cc1cc(CC(Br)CC(C)C)ncc1[N+](=O)[O-]. The molecule has 0 aliphatic carbocycles. The van der Waals surface area contributed by atoms with Crippen molar-refractivity contribution in [1.29, 1.82) is 0 Å². The van der Waals surface area contributed by atoms with Crippen molar-refractivity contribution in [1.82, 2.24) is 4.98 Å². The molecule has 0 aliphatic rings. The average Bonchev–Trinajstić information content (AvgIpc) is 2.15. The number of aromatic nitrogens is 1. The maximum absolute atomic E-state index is 10.7. The lowest BCUT2D eigenvalue weighted by atomic mass is 10.0. The van der Waals surface area contributed by atoms with Gasteiger partial charge in [0.15, 0.2) is 0 Å². The number of aryl methyl sites for hydroxylation is 1. The first-order valence-electron chi connectivity index (χ1n) is 5.64. The summed E-state index contributed by atoms with van der Waals surface area (Å²) in [6, 6.07) is 1.80. The van der Waals surface area contributed by atoms with E-state index < -0.39 is 4.92 Å². The highest BCUT2D eigenvalue weighted by atomic mass is 79.9. The van der Waals surface area contributed by atoms with Crippen LogP contribution in [0.25, 0.3) is 0 Å². The highest BCUT2D eigenvalue weighted by molar-refractivity contribution is 9.09. The van der Waals surface area contributed by atoms with Gasteiger partial charge in [-0.05, 0) is 25.3 Å². The van der Waals surface area contributed by atoms with Crippen LogP contribution in [0.2, 0.25) is 0 Å². The van der Waals surface area contributed by atoms with E-state index in [2.05, 4.69) is 34.8 Å². The molecule has 1 aromatic heterocycles. The van der Waals surface area contributed by atoms with E-state index in [-0.39, 0.29) is 5.69 Å². The van der Waals surface area contributed by atoms with E-state index in [1.165, 1.54) is 6.20 Å². The summed E-state index contributed by atoms with van der Waals surface area (Å²) >= 11 is 3.61. The van der Waals surface area contributed by atoms with Gasteiger partial charge in [-0.2, -0.15) is 0 Å². The molecule has 0 saturated heterocycles. The molecule has 0 aliphatic heterocycles. The van der Waals surface area contributed by atoms with Crippen LogP contribution in [0.15, 0.2) is 12.3 Å². The molecular formula is C12H17BrN2O2. The summed E-state index contributed by atoms with van der Waals surface area (Å²) in [5.74, 6) is 0.624. The molecule has 1 unspecified atom stereocenters. The second-order valence-electron chi connectivity index (χ2n) is 4.65. The molecule has 0 spiro atoms. The third-order valence-electron chi connectivity index (χ3n) is 2.49. The quantitative estimate of drug-likeness (QED) is 0.474. The lowest BCUT2D eigenvalue weighted by molar-refractivity contribution is -0.385. The molecule has 0 N–H and O–H groups in total. The minimum atomic E-state index is -0.397. The summed E-state index contributed by atoms with van der Waals surface area (Å²) in [5, 5.41) is 10.7. The summed E-state index contributed by atoms with van der Waals surface area (Å²) in [6.45, 7) is 6.08. The molecule has 0 saturated carbocycles. The van der Waals surface area contributed by atoms with Gasteiger partial charge in [-0.25, -0.2) is 0 Å². The Labute approximate surface area is 110 Å². The summed E-state index contributed by atoms with van der Waals surface area (Å²) in [5.41, 5.74) is 1.66. The van der Waals surface area contributed by atoms with Gasteiger partial charge in [0.1, 0.15) is 6.20 Å². The van der Waals surface area contributed by atoms with E-state index in [1.54, 1.807) is 13.0 Å². The zero-order valence-corrected chi connectivity index (χ0v) is 11.9. The Balaban J connectivity index is 2.74. The van der Waals surface area contributed by atoms with Crippen LogP contribution < -0.4 is 0 Å². The Morgan fingerprint density at radius 2 is 2.18 bits per heavy atom. The Morgan fingerprint density at radius 1 is 1.53 bits per heavy atom. The second-order valence-corrected chi connectivity index (χ2v) is 5.95. The normalized spacial score (nSPS) is 12.8. The number of hydrogen-bond acceptors (Lipinski definition) is 3. The first kappa shape index (κ1) is 14.1. The van der Waals surface area contributed by atoms with Crippen LogP contribution >= 0.6 is 15.9 Å². The number of nitrogens with zero attached hydrogens (tertiary/aromatic N) is 2. The number of hydrogen-bond donors (Lipinski definition) is 0. The standard InChI is InChI=1S/C12H17BrN2O2/c1-8(2)4-10(13)6-11-5-9(3)12(7-14-11)15(16)17/h5,7-8,10H,4,6H2,1-3H3. The highest BCUT2D eigenvalue weighted by Gasteiger charge is 2.14. The zero-order chi connectivity index (χ0) is 13.0. The maximum atomic E-state index is 10.7. The Hall–Kier alpha value is -0.970. The van der Waals surface area contributed by atoms with Crippen LogP contribution in [-0.4, -0.2) is 14.7 Å². The average molecular weight is 301 g/mol. The van der Waals surface area contributed by atoms with E-state index in [1.807, 2.05) is 0 Å². The predicted octanol–water partition coefficient (Wildman–Crippen LogP) is 3.65. The van der Waals surface area contributed by atoms with E-state index in [0.29, 0.717) is 16.3 Å². The molecule has 1 heterocycles. The monoisotopic (exact) mass is 300 g/mol. The van der Waals surface area contributed by atoms with Crippen molar-refractivity contribution in [2.75, 3.05) is 0 Å². The van der Waals surface area contributed by atoms with E-state index in [9.17, 15) is 10.1 Å². The zero-order valence-electron chi connectivity index (χ0n) is 10.3. The molecule has 0 aromatic carbocycles. The number of rotatable bonds is 5. The van der Waals surface area contributed by atoms with Crippen LogP contribution in [0.3, 0.4) is 0 Å². The summed E-state index contributed by atoms with van der Waals surface area (Å²) in [4.78, 5) is 14.8. The molecule has 17 heavy (non-hydrogen) atoms. The van der Waals surface area contributed by atoms with Gasteiger partial charge in [0, 0.05) is 22.5 Å². The lowest BCUT2D eigenvalue weighted by Crippen LogP contribution is -2.08. The van der Waals surface area contributed by atoms with Crippen molar-refractivity contribution < 1.29 is 4.92 Å². The Kier molecular flexibility index (Phi) is 5.05. The topological polar surface area (TPSA) is 56.0 Å². The molecule has 0 bridgehead atoms. The molecule has 1 aromatic rings. The summed E-state index contributed by atoms with van der Waals surface area (Å²) < 4.78 is 0. The number of nitro groups is 1. The molecular weight excluding hydrogens is 284 g/mol. The fraction of sp³-hybridized carbons (Fsp3) is 0.583. The first-order chi connectivity index (χ1) is 7.90. The van der Waals surface area contributed by atoms with Crippen LogP contribution in [0, 0.1) is 23.0 Å². The third-order valence-corrected chi connectivity index (χ3v) is 3.19. The Bertz CT molecular complexity index is 407. The third kappa shape index (κ3) is 4.42. The van der Waals surface area contributed by atoms with Gasteiger partial charge >= 0.3 is 0 Å². The Morgan fingerprint density at radius 3 is 2.65 bits per heavy atom. The van der Waals surface area contributed by atoms with Gasteiger partial charge in [0.05, 0.1) is 4.92 Å². The summed E-state index contributed by atoms with van der Waals surface area (Å²) in [6.07, 6.45) is 3.22. The second kappa shape index (κ2) is 6.10. The minimum Gasteiger partial charge on any atom is -0.258 e. The highest BCUT2D eigenvalue weighted by Crippen LogP contribution is 2.21. The number of alkyl halides is 1. The van der Waals surface area contributed by atoms with Gasteiger partial charge in [-0.1, -0.05) is 29.8 Å². The molecule has 0 amide bonds. The largest absolute Gasteiger partial charge is 0.290 e. The van der Waals surface area contributed by atoms with Gasteiger partial charge in [0.2, 0.25) is 0 Å². The fourth-order valence-corrected chi connectivity index (χ4v) is 2.81. The van der Waals surface area contributed by atoms with Crippen molar-refractivity contribution >= 4 is 21.6 Å². The molecule has 1 rings (SSSR count). The lowest BCUT2D eigenvalue weighted by Gasteiger charge is -2.11. The van der Waals surface area contributed by atoms with Crippen molar-refractivity contribution in [2.24, 2.45) is 5.92 Å². The maximum Gasteiger partial charge on any atom is 0.290 e. The predicted molar refractivity (Wildman–Crippen MR) is 71.5 cm³/mol. The van der Waals surface area contributed by atoms with Gasteiger partial charge in [-0.3, -0.25) is 15.1 Å². The van der Waals surface area contributed by atoms with Crippen LogP contribution in [0.4, 0.5) is 5.69 Å². The van der Waals surface area contributed by atoms with Gasteiger partial charge in [-0.15, -0.1) is 0 Å². The minimum absolute atomic E-state index is 0.0868. The van der Waals surface area contributed by atoms with Crippen LogP contribution in [0.5, 0.6) is 0 Å². The molecule has 4 nitrogen and oxygen atoms in total. The van der Waals surface area contributed by atoms with E-state index in [4.69, 9.17) is 0 Å². The van der Waals surface area contributed by atoms with Crippen LogP contribution in [-0.2, 0) is 6.42 Å². The molecule has 1 atom stereocenters. The van der Waals surface area contributed by atoms with E-state index in [0.717, 1.165) is 18.5 Å². The van der Waals surface area contributed by atoms with E-state index >= 15 is 0 Å². The van der Waals surface area contributed by atoms with Crippen molar-refractivity contribution in [3.05, 3.63) is 33.6 Å². The fourth-order valence-electron chi connectivity index (χ4n) is 1.73. The number of halogens is 1. The first-order valence-corrected chi connectivity index (χ1v) is 6.55. The van der Waals surface area contributed by atoms with Crippen molar-refractivity contribution in [2.45, 2.75) is 38.4 Å². The van der Waals surface area contributed by atoms with Crippen LogP contribution in [0.1, 0.15) is 31.5 Å². The van der Waals surface area contributed by atoms with Crippen molar-refractivity contribution in [3.63, 3.8) is 0 Å². The van der Waals surface area contributed by atoms with Gasteiger partial charge < -0.3 is 0 Å². The van der Waals surface area contributed by atoms with Gasteiger partial charge in [0.25, 0.3) is 5.69 Å². The smallest absolute Gasteiger partial charge is 0.258 e. The number of pyridine rings is 1. The molecule has 0 fully saturated rings. The van der Waals surface area contributed by atoms with Crippen molar-refractivity contribution in [3.8, 4) is 0 Å². The molecule has 94 valence electrons. The molecule has 5 heteroatoms. The molecule has 0 radical (unpaired) electrons. The summed E-state index contributed by atoms with van der Waals surface area (Å²) in [7, 11) is 0.